The highest BCUT2D eigenvalue weighted by Gasteiger charge is 2.35. The van der Waals surface area contributed by atoms with Crippen LogP contribution < -0.4 is 10.6 Å². The van der Waals surface area contributed by atoms with Crippen LogP contribution in [-0.2, 0) is 0 Å². The number of aromatic nitrogens is 1. The fraction of sp³-hybridized carbons (Fsp3) is 0.647. The van der Waals surface area contributed by atoms with Gasteiger partial charge < -0.3 is 15.7 Å². The summed E-state index contributed by atoms with van der Waals surface area (Å²) in [6.45, 7) is 6.13. The predicted octanol–water partition coefficient (Wildman–Crippen LogP) is 2.69. The van der Waals surface area contributed by atoms with Crippen LogP contribution in [0.25, 0.3) is 0 Å². The molecule has 2 rings (SSSR count). The quantitative estimate of drug-likeness (QED) is 0.783. The minimum absolute atomic E-state index is 0.00458. The first-order chi connectivity index (χ1) is 10.5. The number of aryl methyl sites for hydroxylation is 1. The van der Waals surface area contributed by atoms with E-state index in [2.05, 4.69) is 29.5 Å². The lowest BCUT2D eigenvalue weighted by molar-refractivity contribution is 0.160. The summed E-state index contributed by atoms with van der Waals surface area (Å²) < 4.78 is 0. The molecule has 0 bridgehead atoms. The van der Waals surface area contributed by atoms with Gasteiger partial charge >= 0.3 is 6.03 Å². The Morgan fingerprint density at radius 3 is 2.64 bits per heavy atom. The van der Waals surface area contributed by atoms with E-state index in [1.54, 1.807) is 6.20 Å². The van der Waals surface area contributed by atoms with Crippen LogP contribution >= 0.6 is 0 Å². The lowest BCUT2D eigenvalue weighted by Crippen LogP contribution is -2.53. The number of nitrogens with zero attached hydrogens (tertiary/aromatic N) is 1. The van der Waals surface area contributed by atoms with Crippen LogP contribution in [0.4, 0.5) is 4.79 Å². The maximum Gasteiger partial charge on any atom is 0.315 e. The van der Waals surface area contributed by atoms with Gasteiger partial charge in [0, 0.05) is 6.20 Å². The zero-order chi connectivity index (χ0) is 16.2. The normalized spacial score (nSPS) is 18.2. The van der Waals surface area contributed by atoms with Gasteiger partial charge in [0.15, 0.2) is 0 Å². The molecule has 3 N–H and O–H groups in total. The van der Waals surface area contributed by atoms with Crippen molar-refractivity contribution < 1.29 is 9.90 Å². The van der Waals surface area contributed by atoms with Gasteiger partial charge in [-0.15, -0.1) is 0 Å². The molecule has 1 aliphatic carbocycles. The Hall–Kier alpha value is -1.62. The van der Waals surface area contributed by atoms with E-state index in [-0.39, 0.29) is 24.6 Å². The van der Waals surface area contributed by atoms with E-state index in [4.69, 9.17) is 0 Å². The van der Waals surface area contributed by atoms with Crippen molar-refractivity contribution in [3.8, 4) is 0 Å². The summed E-state index contributed by atoms with van der Waals surface area (Å²) in [5.41, 5.74) is 1.52. The molecule has 0 spiro atoms. The number of aliphatic hydroxyl groups is 1. The lowest BCUT2D eigenvalue weighted by Gasteiger charge is -2.30. The predicted molar refractivity (Wildman–Crippen MR) is 86.5 cm³/mol. The third-order valence-electron chi connectivity index (χ3n) is 4.54. The number of amides is 2. The molecule has 0 radical (unpaired) electrons. The number of urea groups is 1. The van der Waals surface area contributed by atoms with Crippen molar-refractivity contribution in [2.45, 2.75) is 58.0 Å². The van der Waals surface area contributed by atoms with Crippen molar-refractivity contribution in [2.75, 3.05) is 6.61 Å². The van der Waals surface area contributed by atoms with Gasteiger partial charge in [0.1, 0.15) is 0 Å². The van der Waals surface area contributed by atoms with E-state index in [9.17, 15) is 9.90 Å². The highest BCUT2D eigenvalue weighted by atomic mass is 16.3. The van der Waals surface area contributed by atoms with Gasteiger partial charge in [-0.05, 0) is 37.3 Å². The molecule has 1 aromatic rings. The average Bonchev–Trinajstić information content (AvgIpc) is 2.94. The van der Waals surface area contributed by atoms with E-state index in [1.807, 2.05) is 19.1 Å². The van der Waals surface area contributed by atoms with Crippen LogP contribution in [0, 0.1) is 12.8 Å². The van der Waals surface area contributed by atoms with Crippen LogP contribution in [-0.4, -0.2) is 28.3 Å². The molecule has 1 heterocycles. The topological polar surface area (TPSA) is 74.2 Å². The van der Waals surface area contributed by atoms with E-state index >= 15 is 0 Å². The molecule has 1 atom stereocenters. The molecule has 122 valence electrons. The van der Waals surface area contributed by atoms with E-state index in [0.29, 0.717) is 0 Å². The van der Waals surface area contributed by atoms with Gasteiger partial charge in [-0.25, -0.2) is 4.79 Å². The van der Waals surface area contributed by atoms with Gasteiger partial charge in [0.05, 0.1) is 23.9 Å². The number of pyridine rings is 1. The van der Waals surface area contributed by atoms with Crippen molar-refractivity contribution in [3.05, 3.63) is 29.6 Å². The number of hydrogen-bond acceptors (Lipinski definition) is 3. The largest absolute Gasteiger partial charge is 0.394 e. The first kappa shape index (κ1) is 16.7. The number of rotatable bonds is 5. The van der Waals surface area contributed by atoms with Crippen molar-refractivity contribution in [2.24, 2.45) is 5.92 Å². The molecule has 1 aliphatic rings. The van der Waals surface area contributed by atoms with E-state index in [1.165, 1.54) is 0 Å². The Bertz CT molecular complexity index is 510. The highest BCUT2D eigenvalue weighted by molar-refractivity contribution is 5.75. The third-order valence-corrected chi connectivity index (χ3v) is 4.54. The van der Waals surface area contributed by atoms with Gasteiger partial charge in [0.25, 0.3) is 0 Å². The van der Waals surface area contributed by atoms with Crippen LogP contribution in [0.2, 0.25) is 0 Å². The Balaban J connectivity index is 2.08. The van der Waals surface area contributed by atoms with Crippen LogP contribution in [0.1, 0.15) is 56.8 Å². The lowest BCUT2D eigenvalue weighted by atomic mass is 9.97. The molecule has 22 heavy (non-hydrogen) atoms. The van der Waals surface area contributed by atoms with Crippen LogP contribution in [0.5, 0.6) is 0 Å². The summed E-state index contributed by atoms with van der Waals surface area (Å²) in [4.78, 5) is 16.8. The van der Waals surface area contributed by atoms with E-state index in [0.717, 1.165) is 36.9 Å². The molecule has 1 aromatic heterocycles. The summed E-state index contributed by atoms with van der Waals surface area (Å²) >= 11 is 0. The molecule has 5 heteroatoms. The van der Waals surface area contributed by atoms with Crippen LogP contribution in [0.3, 0.4) is 0 Å². The maximum absolute atomic E-state index is 12.4. The molecule has 0 aromatic carbocycles. The van der Waals surface area contributed by atoms with Crippen LogP contribution in [0.15, 0.2) is 18.3 Å². The average molecular weight is 305 g/mol. The molecule has 1 unspecified atom stereocenters. The smallest absolute Gasteiger partial charge is 0.315 e. The maximum atomic E-state index is 12.4. The highest BCUT2D eigenvalue weighted by Crippen LogP contribution is 2.29. The SMILES string of the molecule is Cc1cccnc1C(NC(=O)NC1(CO)CCCC1)C(C)C. The Labute approximate surface area is 132 Å². The summed E-state index contributed by atoms with van der Waals surface area (Å²) in [5.74, 6) is 0.230. The summed E-state index contributed by atoms with van der Waals surface area (Å²) in [6, 6.07) is 3.54. The molecule has 5 nitrogen and oxygen atoms in total. The molecule has 2 amide bonds. The summed E-state index contributed by atoms with van der Waals surface area (Å²) in [5, 5.41) is 15.6. The minimum Gasteiger partial charge on any atom is -0.394 e. The zero-order valence-corrected chi connectivity index (χ0v) is 13.7. The number of nitrogens with one attached hydrogen (secondary N) is 2. The first-order valence-electron chi connectivity index (χ1n) is 8.08. The van der Waals surface area contributed by atoms with E-state index < -0.39 is 5.54 Å². The Morgan fingerprint density at radius 2 is 2.09 bits per heavy atom. The molecular weight excluding hydrogens is 278 g/mol. The van der Waals surface area contributed by atoms with Gasteiger partial charge in [-0.2, -0.15) is 0 Å². The zero-order valence-electron chi connectivity index (χ0n) is 13.7. The monoisotopic (exact) mass is 305 g/mol. The summed E-state index contributed by atoms with van der Waals surface area (Å²) in [6.07, 6.45) is 5.53. The number of carbonyl (C=O) groups excluding carboxylic acids is 1. The second-order valence-electron chi connectivity index (χ2n) is 6.67. The Kier molecular flexibility index (Phi) is 5.40. The van der Waals surface area contributed by atoms with Crippen molar-refractivity contribution >= 4 is 6.03 Å². The number of carbonyl (C=O) groups is 1. The van der Waals surface area contributed by atoms with Gasteiger partial charge in [0.2, 0.25) is 0 Å². The van der Waals surface area contributed by atoms with Gasteiger partial charge in [-0.1, -0.05) is 32.8 Å². The third kappa shape index (κ3) is 3.77. The molecule has 1 saturated carbocycles. The fourth-order valence-electron chi connectivity index (χ4n) is 3.17. The Morgan fingerprint density at radius 1 is 1.41 bits per heavy atom. The number of aliphatic hydroxyl groups excluding tert-OH is 1. The van der Waals surface area contributed by atoms with Gasteiger partial charge in [-0.3, -0.25) is 4.98 Å². The van der Waals surface area contributed by atoms with Crippen molar-refractivity contribution in [3.63, 3.8) is 0 Å². The minimum atomic E-state index is -0.454. The number of hydrogen-bond donors (Lipinski definition) is 3. The van der Waals surface area contributed by atoms with Crippen molar-refractivity contribution in [1.82, 2.24) is 15.6 Å². The second-order valence-corrected chi connectivity index (χ2v) is 6.67. The van der Waals surface area contributed by atoms with Crippen molar-refractivity contribution in [1.29, 1.82) is 0 Å². The second kappa shape index (κ2) is 7.09. The molecular formula is C17H27N3O2. The molecule has 0 aliphatic heterocycles. The standard InChI is InChI=1S/C17H27N3O2/c1-12(2)14(15-13(3)7-6-10-18-15)19-16(22)20-17(11-21)8-4-5-9-17/h6-7,10,12,14,21H,4-5,8-9,11H2,1-3H3,(H2,19,20,22). The molecule has 0 saturated heterocycles. The summed E-state index contributed by atoms with van der Waals surface area (Å²) in [7, 11) is 0. The molecule has 1 fully saturated rings. The first-order valence-corrected chi connectivity index (χ1v) is 8.08. The fourth-order valence-corrected chi connectivity index (χ4v) is 3.17.